The number of hydrogen-bond donors (Lipinski definition) is 1. The maximum Gasteiger partial charge on any atom is 0.287 e. The van der Waals surface area contributed by atoms with Crippen LogP contribution >= 0.6 is 0 Å². The smallest absolute Gasteiger partial charge is 0.282 e. The lowest BCUT2D eigenvalue weighted by atomic mass is 10.2. The molecule has 0 unspecified atom stereocenters. The zero-order valence-electron chi connectivity index (χ0n) is 6.66. The summed E-state index contributed by atoms with van der Waals surface area (Å²) in [5.41, 5.74) is 0. The van der Waals surface area contributed by atoms with Gasteiger partial charge in [-0.3, -0.25) is 4.55 Å². The van der Waals surface area contributed by atoms with Crippen LogP contribution in [0.1, 0.15) is 32.6 Å². The van der Waals surface area contributed by atoms with Crippen molar-refractivity contribution in [1.82, 2.24) is 0 Å². The molecule has 0 atom stereocenters. The summed E-state index contributed by atoms with van der Waals surface area (Å²) in [7, 11) is -3.89. The van der Waals surface area contributed by atoms with Gasteiger partial charge in [-0.2, -0.15) is 8.42 Å². The minimum atomic E-state index is -3.89. The third-order valence-corrected chi connectivity index (χ3v) is 1.78. The summed E-state index contributed by atoms with van der Waals surface area (Å²) in [6, 6.07) is 0. The Morgan fingerprint density at radius 3 is 2.45 bits per heavy atom. The van der Waals surface area contributed by atoms with E-state index in [-0.39, 0.29) is 0 Å². The van der Waals surface area contributed by atoms with E-state index < -0.39 is 10.1 Å². The van der Waals surface area contributed by atoms with Gasteiger partial charge in [-0.1, -0.05) is 25.8 Å². The Hall–Kier alpha value is -0.350. The number of hydrogen-bond acceptors (Lipinski definition) is 2. The minimum absolute atomic E-state index is 0.716. The van der Waals surface area contributed by atoms with E-state index in [1.54, 1.807) is 0 Å². The molecule has 0 aliphatic rings. The van der Waals surface area contributed by atoms with E-state index in [1.807, 2.05) is 0 Å². The van der Waals surface area contributed by atoms with Gasteiger partial charge in [0.25, 0.3) is 10.1 Å². The van der Waals surface area contributed by atoms with Gasteiger partial charge in [-0.05, 0) is 12.8 Å². The third kappa shape index (κ3) is 9.65. The number of allylic oxidation sites excluding steroid dienone is 1. The van der Waals surface area contributed by atoms with Crippen molar-refractivity contribution >= 4 is 10.1 Å². The highest BCUT2D eigenvalue weighted by Crippen LogP contribution is 2.00. The van der Waals surface area contributed by atoms with E-state index >= 15 is 0 Å². The van der Waals surface area contributed by atoms with E-state index in [4.69, 9.17) is 4.55 Å². The van der Waals surface area contributed by atoms with Crippen molar-refractivity contribution < 1.29 is 13.0 Å². The summed E-state index contributed by atoms with van der Waals surface area (Å²) < 4.78 is 28.5. The maximum atomic E-state index is 10.1. The molecule has 0 aliphatic carbocycles. The van der Waals surface area contributed by atoms with Gasteiger partial charge in [0.1, 0.15) is 0 Å². The topological polar surface area (TPSA) is 54.4 Å². The monoisotopic (exact) mass is 178 g/mol. The Bertz CT molecular complexity index is 204. The Labute approximate surface area is 67.9 Å². The summed E-state index contributed by atoms with van der Waals surface area (Å²) in [6.45, 7) is 2.08. The highest BCUT2D eigenvalue weighted by Gasteiger charge is 1.93. The second-order valence-corrected chi connectivity index (χ2v) is 3.68. The highest BCUT2D eigenvalue weighted by atomic mass is 32.2. The molecule has 66 valence electrons. The molecule has 1 N–H and O–H groups in total. The average molecular weight is 178 g/mol. The van der Waals surface area contributed by atoms with Crippen LogP contribution in [0.25, 0.3) is 0 Å². The van der Waals surface area contributed by atoms with Gasteiger partial charge in [-0.15, -0.1) is 0 Å². The van der Waals surface area contributed by atoms with Crippen LogP contribution in [0.3, 0.4) is 0 Å². The molecule has 0 saturated heterocycles. The summed E-state index contributed by atoms with van der Waals surface area (Å²) >= 11 is 0. The molecule has 0 rings (SSSR count). The lowest BCUT2D eigenvalue weighted by Gasteiger charge is -1.90. The molecule has 0 aromatic rings. The van der Waals surface area contributed by atoms with E-state index in [1.165, 1.54) is 6.08 Å². The minimum Gasteiger partial charge on any atom is -0.282 e. The van der Waals surface area contributed by atoms with E-state index in [0.717, 1.165) is 24.7 Å². The van der Waals surface area contributed by atoms with Crippen LogP contribution in [0.5, 0.6) is 0 Å². The van der Waals surface area contributed by atoms with Crippen LogP contribution in [0.2, 0.25) is 0 Å². The molecular weight excluding hydrogens is 164 g/mol. The van der Waals surface area contributed by atoms with Crippen LogP contribution in [-0.4, -0.2) is 13.0 Å². The first-order valence-electron chi connectivity index (χ1n) is 3.70. The quantitative estimate of drug-likeness (QED) is 0.517. The predicted molar refractivity (Wildman–Crippen MR) is 44.8 cm³/mol. The first-order valence-corrected chi connectivity index (χ1v) is 5.20. The molecule has 3 nitrogen and oxygen atoms in total. The van der Waals surface area contributed by atoms with Crippen LogP contribution in [0.15, 0.2) is 11.5 Å². The Kier molecular flexibility index (Phi) is 5.15. The molecule has 0 aliphatic heterocycles. The van der Waals surface area contributed by atoms with Gasteiger partial charge < -0.3 is 0 Å². The highest BCUT2D eigenvalue weighted by molar-refractivity contribution is 7.88. The van der Waals surface area contributed by atoms with E-state index in [2.05, 4.69) is 6.92 Å². The Morgan fingerprint density at radius 2 is 2.00 bits per heavy atom. The van der Waals surface area contributed by atoms with Crippen molar-refractivity contribution in [3.05, 3.63) is 11.5 Å². The van der Waals surface area contributed by atoms with Gasteiger partial charge in [0, 0.05) is 0 Å². The van der Waals surface area contributed by atoms with Crippen molar-refractivity contribution in [2.75, 3.05) is 0 Å². The van der Waals surface area contributed by atoms with Crippen LogP contribution in [0, 0.1) is 0 Å². The number of rotatable bonds is 5. The van der Waals surface area contributed by atoms with Crippen molar-refractivity contribution in [3.63, 3.8) is 0 Å². The predicted octanol–water partition coefficient (Wildman–Crippen LogP) is 1.97. The van der Waals surface area contributed by atoms with Crippen LogP contribution in [-0.2, 0) is 10.1 Å². The van der Waals surface area contributed by atoms with E-state index in [0.29, 0.717) is 6.42 Å². The maximum absolute atomic E-state index is 10.1. The SMILES string of the molecule is CCCCCC=CS(=O)(=O)O. The molecule has 11 heavy (non-hydrogen) atoms. The molecule has 0 fully saturated rings. The number of unbranched alkanes of at least 4 members (excludes halogenated alkanes) is 3. The molecule has 0 aromatic carbocycles. The van der Waals surface area contributed by atoms with Crippen molar-refractivity contribution in [1.29, 1.82) is 0 Å². The molecule has 0 radical (unpaired) electrons. The lowest BCUT2D eigenvalue weighted by molar-refractivity contribution is 0.494. The fourth-order valence-corrected chi connectivity index (χ4v) is 1.08. The summed E-state index contributed by atoms with van der Waals surface area (Å²) in [5.74, 6) is 0. The van der Waals surface area contributed by atoms with Gasteiger partial charge in [0.2, 0.25) is 0 Å². The third-order valence-electron chi connectivity index (χ3n) is 1.24. The van der Waals surface area contributed by atoms with Gasteiger partial charge in [0.05, 0.1) is 5.41 Å². The van der Waals surface area contributed by atoms with Crippen molar-refractivity contribution in [2.24, 2.45) is 0 Å². The largest absolute Gasteiger partial charge is 0.287 e. The summed E-state index contributed by atoms with van der Waals surface area (Å²) in [4.78, 5) is 0. The normalized spacial score (nSPS) is 12.5. The van der Waals surface area contributed by atoms with Crippen molar-refractivity contribution in [3.8, 4) is 0 Å². The molecule has 0 heterocycles. The second kappa shape index (κ2) is 5.32. The first-order chi connectivity index (χ1) is 5.06. The Balaban J connectivity index is 3.46. The standard InChI is InChI=1S/C7H14O3S/c1-2-3-4-5-6-7-11(8,9)10/h6-7H,2-5H2,1H3,(H,8,9,10). The molecule has 0 saturated carbocycles. The van der Waals surface area contributed by atoms with Crippen LogP contribution in [0.4, 0.5) is 0 Å². The first kappa shape index (κ1) is 10.7. The molecule has 4 heteroatoms. The van der Waals surface area contributed by atoms with Crippen molar-refractivity contribution in [2.45, 2.75) is 32.6 Å². The van der Waals surface area contributed by atoms with Gasteiger partial charge in [0.15, 0.2) is 0 Å². The summed E-state index contributed by atoms with van der Waals surface area (Å²) in [5, 5.41) is 0.836. The van der Waals surface area contributed by atoms with Gasteiger partial charge in [-0.25, -0.2) is 0 Å². The molecule has 0 amide bonds. The summed E-state index contributed by atoms with van der Waals surface area (Å²) in [6.07, 6.45) is 5.37. The molecule has 0 spiro atoms. The zero-order valence-corrected chi connectivity index (χ0v) is 7.47. The average Bonchev–Trinajstić information content (AvgIpc) is 1.85. The lowest BCUT2D eigenvalue weighted by Crippen LogP contribution is -1.88. The second-order valence-electron chi connectivity index (χ2n) is 2.38. The zero-order chi connectivity index (χ0) is 8.74. The van der Waals surface area contributed by atoms with Gasteiger partial charge >= 0.3 is 0 Å². The fourth-order valence-electron chi connectivity index (χ4n) is 0.702. The molecule has 0 bridgehead atoms. The fraction of sp³-hybridized carbons (Fsp3) is 0.714. The molecular formula is C7H14O3S. The van der Waals surface area contributed by atoms with Crippen LogP contribution < -0.4 is 0 Å². The Morgan fingerprint density at radius 1 is 1.36 bits per heavy atom. The molecule has 0 aromatic heterocycles. The van der Waals surface area contributed by atoms with E-state index in [9.17, 15) is 8.42 Å².